The number of para-hydroxylation sites is 1. The fourth-order valence-electron chi connectivity index (χ4n) is 2.83. The molecule has 3 aromatic rings. The molecule has 1 aromatic heterocycles. The van der Waals surface area contributed by atoms with Gasteiger partial charge in [-0.3, -0.25) is 0 Å². The maximum absolute atomic E-state index is 6.08. The number of halogens is 2. The highest BCUT2D eigenvalue weighted by molar-refractivity contribution is 7.99. The van der Waals surface area contributed by atoms with E-state index in [-0.39, 0.29) is 0 Å². The van der Waals surface area contributed by atoms with Crippen molar-refractivity contribution in [1.82, 2.24) is 9.97 Å². The molecular weight excluding hydrogens is 387 g/mol. The third kappa shape index (κ3) is 3.75. The first kappa shape index (κ1) is 17.5. The van der Waals surface area contributed by atoms with Crippen LogP contribution < -0.4 is 10.2 Å². The number of nitrogens with one attached hydrogen (secondary N) is 1. The number of rotatable bonds is 3. The molecule has 1 aliphatic heterocycles. The Morgan fingerprint density at radius 2 is 1.92 bits per heavy atom. The second-order valence-electron chi connectivity index (χ2n) is 5.81. The topological polar surface area (TPSA) is 41.1 Å². The van der Waals surface area contributed by atoms with Gasteiger partial charge in [0.2, 0.25) is 5.95 Å². The summed E-state index contributed by atoms with van der Waals surface area (Å²) in [6, 6.07) is 15.7. The Balaban J connectivity index is 1.64. The quantitative estimate of drug-likeness (QED) is 0.567. The lowest BCUT2D eigenvalue weighted by atomic mass is 10.2. The zero-order valence-corrected chi connectivity index (χ0v) is 16.2. The van der Waals surface area contributed by atoms with Crippen molar-refractivity contribution < 1.29 is 0 Å². The third-order valence-electron chi connectivity index (χ3n) is 4.03. The van der Waals surface area contributed by atoms with Crippen LogP contribution in [0.3, 0.4) is 0 Å². The van der Waals surface area contributed by atoms with Gasteiger partial charge in [-0.15, -0.1) is 11.8 Å². The van der Waals surface area contributed by atoms with Crippen LogP contribution in [0.2, 0.25) is 10.0 Å². The summed E-state index contributed by atoms with van der Waals surface area (Å²) < 4.78 is 0. The molecule has 0 spiro atoms. The number of nitrogens with zero attached hydrogens (tertiary/aromatic N) is 3. The van der Waals surface area contributed by atoms with Crippen molar-refractivity contribution in [2.24, 2.45) is 0 Å². The number of thioether (sulfide) groups is 1. The minimum atomic E-state index is 0.492. The molecule has 0 unspecified atom stereocenters. The zero-order valence-electron chi connectivity index (χ0n) is 13.8. The normalized spacial score (nSPS) is 13.8. The Bertz CT molecular complexity index is 935. The van der Waals surface area contributed by atoms with Gasteiger partial charge in [-0.1, -0.05) is 35.3 Å². The Morgan fingerprint density at radius 3 is 2.81 bits per heavy atom. The molecule has 7 heteroatoms. The predicted molar refractivity (Wildman–Crippen MR) is 111 cm³/mol. The van der Waals surface area contributed by atoms with Gasteiger partial charge in [0.15, 0.2) is 0 Å². The van der Waals surface area contributed by atoms with E-state index in [4.69, 9.17) is 28.2 Å². The fraction of sp³-hybridized carbons (Fsp3) is 0.158. The molecule has 0 fully saturated rings. The minimum absolute atomic E-state index is 0.492. The minimum Gasteiger partial charge on any atom is -0.325 e. The molecule has 0 bridgehead atoms. The molecule has 2 heterocycles. The van der Waals surface area contributed by atoms with Crippen LogP contribution in [0.1, 0.15) is 6.42 Å². The van der Waals surface area contributed by atoms with Gasteiger partial charge in [-0.25, -0.2) is 4.98 Å². The molecule has 0 amide bonds. The number of aromatic nitrogens is 2. The first-order valence-corrected chi connectivity index (χ1v) is 9.99. The number of fused-ring (bicyclic) bond motifs is 1. The average molecular weight is 403 g/mol. The Hall–Kier alpha value is -1.95. The van der Waals surface area contributed by atoms with Crippen LogP contribution in [0.15, 0.2) is 59.6 Å². The van der Waals surface area contributed by atoms with E-state index in [0.717, 1.165) is 30.2 Å². The molecule has 0 saturated heterocycles. The Labute approximate surface area is 166 Å². The van der Waals surface area contributed by atoms with E-state index >= 15 is 0 Å². The first-order chi connectivity index (χ1) is 12.7. The van der Waals surface area contributed by atoms with E-state index < -0.39 is 0 Å². The highest BCUT2D eigenvalue weighted by Crippen LogP contribution is 2.37. The molecular formula is C19H16Cl2N4S. The summed E-state index contributed by atoms with van der Waals surface area (Å²) in [6.45, 7) is 0.924. The smallest absolute Gasteiger partial charge is 0.229 e. The van der Waals surface area contributed by atoms with E-state index in [2.05, 4.69) is 39.5 Å². The summed E-state index contributed by atoms with van der Waals surface area (Å²) in [6.07, 6.45) is 2.86. The zero-order chi connectivity index (χ0) is 17.9. The monoisotopic (exact) mass is 402 g/mol. The lowest BCUT2D eigenvalue weighted by Gasteiger charge is -2.23. The van der Waals surface area contributed by atoms with Crippen molar-refractivity contribution in [2.45, 2.75) is 11.3 Å². The highest BCUT2D eigenvalue weighted by atomic mass is 35.5. The fourth-order valence-corrected chi connectivity index (χ4v) is 4.12. The molecule has 0 aliphatic carbocycles. The van der Waals surface area contributed by atoms with Crippen LogP contribution in [0, 0.1) is 0 Å². The lowest BCUT2D eigenvalue weighted by Crippen LogP contribution is -2.19. The van der Waals surface area contributed by atoms with Crippen LogP contribution >= 0.6 is 35.0 Å². The summed E-state index contributed by atoms with van der Waals surface area (Å²) in [7, 11) is 0. The van der Waals surface area contributed by atoms with Gasteiger partial charge in [-0.05, 0) is 48.6 Å². The van der Waals surface area contributed by atoms with E-state index in [0.29, 0.717) is 16.0 Å². The first-order valence-electron chi connectivity index (χ1n) is 8.25. The summed E-state index contributed by atoms with van der Waals surface area (Å²) in [5.74, 6) is 2.50. The van der Waals surface area contributed by atoms with Crippen LogP contribution in [-0.4, -0.2) is 22.3 Å². The van der Waals surface area contributed by atoms with Crippen LogP contribution in [-0.2, 0) is 0 Å². The molecule has 0 radical (unpaired) electrons. The van der Waals surface area contributed by atoms with Crippen LogP contribution in [0.25, 0.3) is 0 Å². The van der Waals surface area contributed by atoms with E-state index in [1.165, 1.54) is 10.6 Å². The largest absolute Gasteiger partial charge is 0.325 e. The summed E-state index contributed by atoms with van der Waals surface area (Å²) >= 11 is 13.9. The average Bonchev–Trinajstić information content (AvgIpc) is 2.87. The number of benzene rings is 2. The van der Waals surface area contributed by atoms with Crippen molar-refractivity contribution >= 4 is 58.1 Å². The van der Waals surface area contributed by atoms with Gasteiger partial charge in [0, 0.05) is 23.3 Å². The molecule has 0 saturated carbocycles. The van der Waals surface area contributed by atoms with Gasteiger partial charge in [0.25, 0.3) is 0 Å². The van der Waals surface area contributed by atoms with Gasteiger partial charge in [-0.2, -0.15) is 4.98 Å². The van der Waals surface area contributed by atoms with Crippen molar-refractivity contribution in [2.75, 3.05) is 22.5 Å². The van der Waals surface area contributed by atoms with Gasteiger partial charge >= 0.3 is 0 Å². The van der Waals surface area contributed by atoms with Crippen LogP contribution in [0.4, 0.5) is 23.1 Å². The SMILES string of the molecule is Clc1ccc(Nc2nccc(N3CCCSc4ccccc43)n2)cc1Cl. The van der Waals surface area contributed by atoms with Crippen molar-refractivity contribution in [3.63, 3.8) is 0 Å². The van der Waals surface area contributed by atoms with Crippen molar-refractivity contribution in [1.29, 1.82) is 0 Å². The highest BCUT2D eigenvalue weighted by Gasteiger charge is 2.18. The summed E-state index contributed by atoms with van der Waals surface area (Å²) in [4.78, 5) is 12.6. The van der Waals surface area contributed by atoms with Gasteiger partial charge in [0.05, 0.1) is 15.7 Å². The number of hydrogen-bond acceptors (Lipinski definition) is 5. The van der Waals surface area contributed by atoms with E-state index in [9.17, 15) is 0 Å². The maximum Gasteiger partial charge on any atom is 0.229 e. The third-order valence-corrected chi connectivity index (χ3v) is 5.92. The van der Waals surface area contributed by atoms with E-state index in [1.54, 1.807) is 18.3 Å². The van der Waals surface area contributed by atoms with Gasteiger partial charge < -0.3 is 10.2 Å². The molecule has 132 valence electrons. The predicted octanol–water partition coefficient (Wildman–Crippen LogP) is 6.16. The second kappa shape index (κ2) is 7.74. The Morgan fingerprint density at radius 1 is 1.04 bits per heavy atom. The van der Waals surface area contributed by atoms with E-state index in [1.807, 2.05) is 23.9 Å². The van der Waals surface area contributed by atoms with Crippen molar-refractivity contribution in [3.8, 4) is 0 Å². The standard InChI is InChI=1S/C19H16Cl2N4S/c20-14-7-6-13(12-15(14)21)23-19-22-9-8-18(24-19)25-10-3-11-26-17-5-2-1-4-16(17)25/h1-2,4-9,12H,3,10-11H2,(H,22,23,24). The van der Waals surface area contributed by atoms with Crippen LogP contribution in [0.5, 0.6) is 0 Å². The molecule has 26 heavy (non-hydrogen) atoms. The number of hydrogen-bond donors (Lipinski definition) is 1. The molecule has 4 rings (SSSR count). The van der Waals surface area contributed by atoms with Gasteiger partial charge in [0.1, 0.15) is 5.82 Å². The lowest BCUT2D eigenvalue weighted by molar-refractivity contribution is 0.879. The molecule has 1 aliphatic rings. The summed E-state index contributed by atoms with van der Waals surface area (Å²) in [5.41, 5.74) is 1.98. The second-order valence-corrected chi connectivity index (χ2v) is 7.76. The Kier molecular flexibility index (Phi) is 5.20. The number of anilines is 4. The molecule has 2 aromatic carbocycles. The molecule has 4 nitrogen and oxygen atoms in total. The summed E-state index contributed by atoms with van der Waals surface area (Å²) in [5, 5.41) is 4.20. The molecule has 0 atom stereocenters. The molecule has 1 N–H and O–H groups in total. The maximum atomic E-state index is 6.08. The van der Waals surface area contributed by atoms with Crippen molar-refractivity contribution in [3.05, 3.63) is 64.8 Å².